The van der Waals surface area contributed by atoms with Crippen LogP contribution in [0.2, 0.25) is 0 Å². The molecule has 0 unspecified atom stereocenters. The fourth-order valence-corrected chi connectivity index (χ4v) is 3.64. The zero-order chi connectivity index (χ0) is 21.1. The molecule has 0 aromatic carbocycles. The molecule has 8 heteroatoms. The molecule has 8 nitrogen and oxygen atoms in total. The number of pyridine rings is 2. The Bertz CT molecular complexity index is 1150. The van der Waals surface area contributed by atoms with Gasteiger partial charge in [0.25, 0.3) is 5.56 Å². The van der Waals surface area contributed by atoms with Crippen molar-refractivity contribution >= 4 is 11.6 Å². The van der Waals surface area contributed by atoms with Gasteiger partial charge in [-0.05, 0) is 51.3 Å². The van der Waals surface area contributed by atoms with Gasteiger partial charge in [0.1, 0.15) is 17.7 Å². The van der Waals surface area contributed by atoms with Crippen LogP contribution in [0.3, 0.4) is 0 Å². The van der Waals surface area contributed by atoms with Gasteiger partial charge in [0.15, 0.2) is 0 Å². The molecule has 0 aliphatic heterocycles. The third kappa shape index (κ3) is 4.30. The second-order valence-electron chi connectivity index (χ2n) is 7.56. The summed E-state index contributed by atoms with van der Waals surface area (Å²) in [6.45, 7) is 3.92. The molecule has 0 bridgehead atoms. The standard InChI is InChI=1S/C22H23N7O/c1-14-15(2)26-21(12-24-14)28-18-5-4-17(9-18)27-20-7-6-19(11-25-20)29-13-16(10-23)3-8-22(29)30/h3,6-8,11-13,17-18H,4-5,9H2,1-2H3,(H,25,27)(H,26,28)/t17-,18-/m0/s1. The van der Waals surface area contributed by atoms with E-state index in [0.717, 1.165) is 42.3 Å². The second-order valence-corrected chi connectivity index (χ2v) is 7.56. The lowest BCUT2D eigenvalue weighted by atomic mass is 10.2. The van der Waals surface area contributed by atoms with E-state index in [-0.39, 0.29) is 5.56 Å². The summed E-state index contributed by atoms with van der Waals surface area (Å²) in [5.41, 5.74) is 2.74. The van der Waals surface area contributed by atoms with E-state index in [1.807, 2.05) is 32.0 Å². The second kappa shape index (κ2) is 8.33. The molecule has 0 spiro atoms. The maximum absolute atomic E-state index is 12.1. The van der Waals surface area contributed by atoms with Gasteiger partial charge in [-0.2, -0.15) is 5.26 Å². The smallest absolute Gasteiger partial charge is 0.255 e. The highest BCUT2D eigenvalue weighted by Crippen LogP contribution is 2.25. The van der Waals surface area contributed by atoms with Crippen molar-refractivity contribution in [3.63, 3.8) is 0 Å². The van der Waals surface area contributed by atoms with Crippen molar-refractivity contribution in [3.8, 4) is 11.8 Å². The zero-order valence-electron chi connectivity index (χ0n) is 17.0. The molecule has 2 N–H and O–H groups in total. The summed E-state index contributed by atoms with van der Waals surface area (Å²) in [6.07, 6.45) is 7.98. The molecule has 0 saturated heterocycles. The Kier molecular flexibility index (Phi) is 5.44. The highest BCUT2D eigenvalue weighted by Gasteiger charge is 2.25. The minimum atomic E-state index is -0.198. The summed E-state index contributed by atoms with van der Waals surface area (Å²) in [7, 11) is 0. The Labute approximate surface area is 174 Å². The number of nitrogens with zero attached hydrogens (tertiary/aromatic N) is 5. The molecule has 0 amide bonds. The Morgan fingerprint density at radius 1 is 1.00 bits per heavy atom. The quantitative estimate of drug-likeness (QED) is 0.676. The van der Waals surface area contributed by atoms with E-state index in [9.17, 15) is 4.79 Å². The third-order valence-electron chi connectivity index (χ3n) is 5.40. The predicted octanol–water partition coefficient (Wildman–Crippen LogP) is 2.96. The number of nitriles is 1. The fourth-order valence-electron chi connectivity index (χ4n) is 3.64. The van der Waals surface area contributed by atoms with Crippen LogP contribution in [-0.2, 0) is 0 Å². The first-order valence-corrected chi connectivity index (χ1v) is 9.94. The van der Waals surface area contributed by atoms with Crippen LogP contribution in [0.15, 0.2) is 47.7 Å². The van der Waals surface area contributed by atoms with Crippen LogP contribution in [0.25, 0.3) is 5.69 Å². The minimum Gasteiger partial charge on any atom is -0.367 e. The number of hydrogen-bond donors (Lipinski definition) is 2. The molecule has 1 aliphatic carbocycles. The van der Waals surface area contributed by atoms with Gasteiger partial charge in [-0.25, -0.2) is 9.97 Å². The van der Waals surface area contributed by atoms with E-state index < -0.39 is 0 Å². The monoisotopic (exact) mass is 401 g/mol. The summed E-state index contributed by atoms with van der Waals surface area (Å²) in [5.74, 6) is 1.58. The topological polar surface area (TPSA) is 109 Å². The van der Waals surface area contributed by atoms with Crippen molar-refractivity contribution in [1.29, 1.82) is 5.26 Å². The Morgan fingerprint density at radius 2 is 1.77 bits per heavy atom. The van der Waals surface area contributed by atoms with Crippen molar-refractivity contribution in [3.05, 3.63) is 70.2 Å². The molecule has 4 rings (SSSR count). The first kappa shape index (κ1) is 19.6. The molecule has 3 aromatic heterocycles. The largest absolute Gasteiger partial charge is 0.367 e. The molecule has 3 aromatic rings. The van der Waals surface area contributed by atoms with E-state index in [2.05, 4.69) is 25.6 Å². The van der Waals surface area contributed by atoms with E-state index in [1.165, 1.54) is 22.9 Å². The maximum atomic E-state index is 12.1. The summed E-state index contributed by atoms with van der Waals surface area (Å²) in [5, 5.41) is 16.0. The lowest BCUT2D eigenvalue weighted by molar-refractivity contribution is 0.718. The van der Waals surface area contributed by atoms with E-state index in [1.54, 1.807) is 12.4 Å². The molecular formula is C22H23N7O. The molecule has 30 heavy (non-hydrogen) atoms. The number of aryl methyl sites for hydroxylation is 2. The van der Waals surface area contributed by atoms with Gasteiger partial charge in [-0.1, -0.05) is 0 Å². The molecule has 3 heterocycles. The van der Waals surface area contributed by atoms with Gasteiger partial charge >= 0.3 is 0 Å². The van der Waals surface area contributed by atoms with Gasteiger partial charge in [-0.15, -0.1) is 0 Å². The fraction of sp³-hybridized carbons (Fsp3) is 0.318. The van der Waals surface area contributed by atoms with Crippen molar-refractivity contribution in [2.75, 3.05) is 10.6 Å². The zero-order valence-corrected chi connectivity index (χ0v) is 17.0. The average molecular weight is 401 g/mol. The van der Waals surface area contributed by atoms with Crippen LogP contribution in [-0.4, -0.2) is 31.6 Å². The molecule has 1 fully saturated rings. The highest BCUT2D eigenvalue weighted by molar-refractivity contribution is 5.43. The lowest BCUT2D eigenvalue weighted by Crippen LogP contribution is -2.22. The van der Waals surface area contributed by atoms with Crippen molar-refractivity contribution in [2.24, 2.45) is 0 Å². The number of nitrogens with one attached hydrogen (secondary N) is 2. The van der Waals surface area contributed by atoms with E-state index in [0.29, 0.717) is 23.3 Å². The van der Waals surface area contributed by atoms with Crippen LogP contribution in [0.1, 0.15) is 36.2 Å². The van der Waals surface area contributed by atoms with Crippen LogP contribution in [0.4, 0.5) is 11.6 Å². The molecular weight excluding hydrogens is 378 g/mol. The van der Waals surface area contributed by atoms with Gasteiger partial charge in [-0.3, -0.25) is 14.3 Å². The molecule has 152 valence electrons. The van der Waals surface area contributed by atoms with E-state index >= 15 is 0 Å². The first-order chi connectivity index (χ1) is 14.5. The van der Waals surface area contributed by atoms with Crippen LogP contribution >= 0.6 is 0 Å². The molecule has 1 saturated carbocycles. The summed E-state index contributed by atoms with van der Waals surface area (Å²) in [6, 6.07) is 9.27. The first-order valence-electron chi connectivity index (χ1n) is 9.94. The predicted molar refractivity (Wildman–Crippen MR) is 115 cm³/mol. The van der Waals surface area contributed by atoms with Crippen LogP contribution in [0.5, 0.6) is 0 Å². The number of rotatable bonds is 5. The number of hydrogen-bond acceptors (Lipinski definition) is 7. The summed E-state index contributed by atoms with van der Waals surface area (Å²) >= 11 is 0. The minimum absolute atomic E-state index is 0.198. The van der Waals surface area contributed by atoms with Gasteiger partial charge in [0, 0.05) is 24.3 Å². The van der Waals surface area contributed by atoms with Crippen LogP contribution < -0.4 is 16.2 Å². The van der Waals surface area contributed by atoms with Crippen molar-refractivity contribution in [1.82, 2.24) is 19.5 Å². The average Bonchev–Trinajstić information content (AvgIpc) is 3.18. The molecule has 1 aliphatic rings. The Morgan fingerprint density at radius 3 is 2.43 bits per heavy atom. The Hall–Kier alpha value is -3.73. The molecule has 2 atom stereocenters. The molecule has 0 radical (unpaired) electrons. The lowest BCUT2D eigenvalue weighted by Gasteiger charge is -2.16. The van der Waals surface area contributed by atoms with Gasteiger partial charge in [0.05, 0.1) is 35.0 Å². The normalized spacial score (nSPS) is 18.0. The van der Waals surface area contributed by atoms with Gasteiger partial charge in [0.2, 0.25) is 0 Å². The maximum Gasteiger partial charge on any atom is 0.255 e. The number of anilines is 2. The van der Waals surface area contributed by atoms with Gasteiger partial charge < -0.3 is 10.6 Å². The van der Waals surface area contributed by atoms with Crippen molar-refractivity contribution < 1.29 is 0 Å². The summed E-state index contributed by atoms with van der Waals surface area (Å²) in [4.78, 5) is 25.4. The van der Waals surface area contributed by atoms with Crippen LogP contribution in [0, 0.1) is 25.2 Å². The summed E-state index contributed by atoms with van der Waals surface area (Å²) < 4.78 is 1.43. The Balaban J connectivity index is 1.38. The van der Waals surface area contributed by atoms with Crippen molar-refractivity contribution in [2.45, 2.75) is 45.2 Å². The van der Waals surface area contributed by atoms with E-state index in [4.69, 9.17) is 5.26 Å². The third-order valence-corrected chi connectivity index (χ3v) is 5.40. The highest BCUT2D eigenvalue weighted by atomic mass is 16.1. The SMILES string of the molecule is Cc1ncc(N[C@H]2CC[C@H](Nc3ccc(-n4cc(C#N)ccc4=O)cn3)C2)nc1C. The number of aromatic nitrogens is 4.